The predicted octanol–water partition coefficient (Wildman–Crippen LogP) is 14.2. The van der Waals surface area contributed by atoms with Crippen LogP contribution in [0.15, 0.2) is 36.5 Å². The standard InChI is InChI=1S/C52H95NO7/c1-6-8-10-12-14-16-18-20-22-24-25-26-27-29-31-33-35-37-39-41-43-51(55)60-48(46-58-45-44-49(52(56)57)53(3,4)5)47-59-50(54)42-40-38-36-34-32-30-28-23-21-19-17-15-13-11-9-7-2/h8,10,14,16,20,22,48-49H,6-7,9,11-13,15,17-19,21,23-47H2,1-5H3/p+1/b10-8+,16-14+,22-20+. The number of esters is 2. The van der Waals surface area contributed by atoms with Gasteiger partial charge in [-0.05, 0) is 44.9 Å². The Bertz CT molecular complexity index is 1080. The summed E-state index contributed by atoms with van der Waals surface area (Å²) >= 11 is 0. The van der Waals surface area contributed by atoms with Crippen LogP contribution in [0.3, 0.4) is 0 Å². The number of carbonyl (C=O) groups excluding carboxylic acids is 2. The summed E-state index contributed by atoms with van der Waals surface area (Å²) in [7, 11) is 5.54. The van der Waals surface area contributed by atoms with Gasteiger partial charge in [0.25, 0.3) is 0 Å². The average Bonchev–Trinajstić information content (AvgIpc) is 3.21. The lowest BCUT2D eigenvalue weighted by atomic mass is 10.0. The van der Waals surface area contributed by atoms with Crippen LogP contribution in [-0.2, 0) is 28.6 Å². The molecule has 0 fully saturated rings. The molecule has 0 aromatic rings. The van der Waals surface area contributed by atoms with Gasteiger partial charge in [0.15, 0.2) is 12.1 Å². The van der Waals surface area contributed by atoms with Gasteiger partial charge in [-0.15, -0.1) is 0 Å². The first kappa shape index (κ1) is 57.5. The van der Waals surface area contributed by atoms with E-state index in [1.807, 2.05) is 21.1 Å². The summed E-state index contributed by atoms with van der Waals surface area (Å²) in [6.07, 6.45) is 50.4. The summed E-state index contributed by atoms with van der Waals surface area (Å²) in [5, 5.41) is 9.65. The number of carboxylic acid groups (broad SMARTS) is 1. The number of likely N-dealkylation sites (N-methyl/N-ethyl adjacent to an activating group) is 1. The summed E-state index contributed by atoms with van der Waals surface area (Å²) in [5.41, 5.74) is 0. The SMILES string of the molecule is CC/C=C/C/C=C/C/C=C/CCCCCCCCCCCCC(=O)OC(COCCC(C(=O)O)[N+](C)(C)C)COC(=O)CCCCCCCCCCCCCCCCCC. The molecule has 0 radical (unpaired) electrons. The summed E-state index contributed by atoms with van der Waals surface area (Å²) in [6.45, 7) is 4.66. The first-order chi connectivity index (χ1) is 29.1. The van der Waals surface area contributed by atoms with E-state index in [1.54, 1.807) is 0 Å². The number of allylic oxidation sites excluding steroid dienone is 6. The number of carboxylic acids is 1. The van der Waals surface area contributed by atoms with E-state index in [-0.39, 0.29) is 36.2 Å². The van der Waals surface area contributed by atoms with Crippen LogP contribution in [-0.4, -0.2) is 80.6 Å². The topological polar surface area (TPSA) is 99.1 Å². The Hall–Kier alpha value is -2.45. The number of aliphatic carboxylic acids is 1. The molecule has 0 aliphatic heterocycles. The number of nitrogens with zero attached hydrogens (tertiary/aromatic N) is 1. The summed E-state index contributed by atoms with van der Waals surface area (Å²) in [4.78, 5) is 37.1. The minimum atomic E-state index is -0.873. The van der Waals surface area contributed by atoms with Crippen molar-refractivity contribution in [3.8, 4) is 0 Å². The fourth-order valence-corrected chi connectivity index (χ4v) is 7.46. The molecule has 8 heteroatoms. The molecule has 8 nitrogen and oxygen atoms in total. The van der Waals surface area contributed by atoms with Crippen LogP contribution in [0, 0.1) is 0 Å². The molecule has 0 aromatic carbocycles. The Balaban J connectivity index is 4.24. The first-order valence-electron chi connectivity index (χ1n) is 25.0. The minimum Gasteiger partial charge on any atom is -0.477 e. The molecule has 0 saturated heterocycles. The summed E-state index contributed by atoms with van der Waals surface area (Å²) < 4.78 is 17.4. The van der Waals surface area contributed by atoms with Gasteiger partial charge in [-0.2, -0.15) is 0 Å². The van der Waals surface area contributed by atoms with Gasteiger partial charge < -0.3 is 23.8 Å². The molecule has 0 heterocycles. The number of quaternary nitrogens is 1. The van der Waals surface area contributed by atoms with Gasteiger partial charge in [0.2, 0.25) is 0 Å². The van der Waals surface area contributed by atoms with E-state index in [1.165, 1.54) is 135 Å². The maximum Gasteiger partial charge on any atom is 0.362 e. The highest BCUT2D eigenvalue weighted by atomic mass is 16.6. The van der Waals surface area contributed by atoms with Crippen molar-refractivity contribution in [2.45, 2.75) is 238 Å². The lowest BCUT2D eigenvalue weighted by Crippen LogP contribution is -2.50. The normalized spacial score (nSPS) is 13.2. The molecular weight excluding hydrogens is 751 g/mol. The van der Waals surface area contributed by atoms with Crippen molar-refractivity contribution in [1.29, 1.82) is 0 Å². The van der Waals surface area contributed by atoms with E-state index in [0.29, 0.717) is 19.3 Å². The number of hydrogen-bond donors (Lipinski definition) is 1. The van der Waals surface area contributed by atoms with E-state index in [0.717, 1.165) is 57.8 Å². The number of rotatable bonds is 45. The van der Waals surface area contributed by atoms with Crippen LogP contribution < -0.4 is 0 Å². The van der Waals surface area contributed by atoms with Crippen LogP contribution in [0.1, 0.15) is 226 Å². The van der Waals surface area contributed by atoms with Crippen molar-refractivity contribution >= 4 is 17.9 Å². The molecule has 60 heavy (non-hydrogen) atoms. The molecule has 350 valence electrons. The number of unbranched alkanes of at least 4 members (excludes halogenated alkanes) is 25. The molecule has 0 aliphatic rings. The van der Waals surface area contributed by atoms with Crippen LogP contribution in [0.25, 0.3) is 0 Å². The van der Waals surface area contributed by atoms with Gasteiger partial charge in [0.1, 0.15) is 6.61 Å². The quantitative estimate of drug-likeness (QED) is 0.0282. The number of ether oxygens (including phenoxy) is 3. The van der Waals surface area contributed by atoms with E-state index in [9.17, 15) is 19.5 Å². The van der Waals surface area contributed by atoms with Gasteiger partial charge in [0.05, 0.1) is 34.4 Å². The molecule has 0 rings (SSSR count). The maximum absolute atomic E-state index is 12.8. The van der Waals surface area contributed by atoms with Crippen molar-refractivity contribution in [2.75, 3.05) is 41.0 Å². The average molecular weight is 847 g/mol. The molecule has 0 saturated carbocycles. The zero-order valence-corrected chi connectivity index (χ0v) is 39.9. The number of hydrogen-bond acceptors (Lipinski definition) is 6. The Labute approximate surface area is 370 Å². The molecule has 0 spiro atoms. The summed E-state index contributed by atoms with van der Waals surface area (Å²) in [5.74, 6) is -1.46. The van der Waals surface area contributed by atoms with Crippen molar-refractivity contribution < 1.29 is 38.2 Å². The van der Waals surface area contributed by atoms with Crippen molar-refractivity contribution in [3.63, 3.8) is 0 Å². The van der Waals surface area contributed by atoms with Crippen LogP contribution >= 0.6 is 0 Å². The Morgan fingerprint density at radius 1 is 0.517 bits per heavy atom. The molecular formula is C52H96NO7+. The summed E-state index contributed by atoms with van der Waals surface area (Å²) in [6, 6.07) is -0.614. The smallest absolute Gasteiger partial charge is 0.362 e. The van der Waals surface area contributed by atoms with E-state index < -0.39 is 18.1 Å². The molecule has 1 N–H and O–H groups in total. The Kier molecular flexibility index (Phi) is 41.4. The third kappa shape index (κ3) is 40.9. The third-order valence-corrected chi connectivity index (χ3v) is 11.3. The minimum absolute atomic E-state index is 0.0488. The zero-order valence-electron chi connectivity index (χ0n) is 39.9. The van der Waals surface area contributed by atoms with Gasteiger partial charge >= 0.3 is 17.9 Å². The van der Waals surface area contributed by atoms with Crippen molar-refractivity contribution in [3.05, 3.63) is 36.5 Å². The van der Waals surface area contributed by atoms with Crippen molar-refractivity contribution in [2.24, 2.45) is 0 Å². The highest BCUT2D eigenvalue weighted by Gasteiger charge is 2.31. The fraction of sp³-hybridized carbons (Fsp3) is 0.827. The fourth-order valence-electron chi connectivity index (χ4n) is 7.46. The molecule has 0 aromatic heterocycles. The van der Waals surface area contributed by atoms with Crippen molar-refractivity contribution in [1.82, 2.24) is 0 Å². The third-order valence-electron chi connectivity index (χ3n) is 11.3. The van der Waals surface area contributed by atoms with Crippen LogP contribution in [0.5, 0.6) is 0 Å². The van der Waals surface area contributed by atoms with Gasteiger partial charge in [-0.25, -0.2) is 4.79 Å². The van der Waals surface area contributed by atoms with Crippen LogP contribution in [0.4, 0.5) is 0 Å². The van der Waals surface area contributed by atoms with E-state index in [2.05, 4.69) is 50.3 Å². The van der Waals surface area contributed by atoms with Crippen LogP contribution in [0.2, 0.25) is 0 Å². The monoisotopic (exact) mass is 847 g/mol. The largest absolute Gasteiger partial charge is 0.477 e. The lowest BCUT2D eigenvalue weighted by molar-refractivity contribution is -0.887. The van der Waals surface area contributed by atoms with Gasteiger partial charge in [0, 0.05) is 19.3 Å². The first-order valence-corrected chi connectivity index (χ1v) is 25.0. The zero-order chi connectivity index (χ0) is 44.2. The molecule has 2 atom stereocenters. The Morgan fingerprint density at radius 2 is 0.933 bits per heavy atom. The van der Waals surface area contributed by atoms with Gasteiger partial charge in [-0.3, -0.25) is 9.59 Å². The lowest BCUT2D eigenvalue weighted by Gasteiger charge is -2.31. The second-order valence-electron chi connectivity index (χ2n) is 18.1. The highest BCUT2D eigenvalue weighted by Crippen LogP contribution is 2.16. The highest BCUT2D eigenvalue weighted by molar-refractivity contribution is 5.72. The molecule has 0 aliphatic carbocycles. The predicted molar refractivity (Wildman–Crippen MR) is 252 cm³/mol. The number of carbonyl (C=O) groups is 3. The molecule has 0 bridgehead atoms. The maximum atomic E-state index is 12.8. The Morgan fingerprint density at radius 3 is 1.38 bits per heavy atom. The van der Waals surface area contributed by atoms with E-state index >= 15 is 0 Å². The molecule has 2 unspecified atom stereocenters. The van der Waals surface area contributed by atoms with Gasteiger partial charge in [-0.1, -0.05) is 198 Å². The molecule has 0 amide bonds. The van der Waals surface area contributed by atoms with E-state index in [4.69, 9.17) is 14.2 Å². The second-order valence-corrected chi connectivity index (χ2v) is 18.1. The second kappa shape index (κ2) is 43.2.